The number of methoxy groups -OCH3 is 1. The van der Waals surface area contributed by atoms with Gasteiger partial charge in [-0.25, -0.2) is 0 Å². The molecular weight excluding hydrogens is 292 g/mol. The topological polar surface area (TPSA) is 67.8 Å². The summed E-state index contributed by atoms with van der Waals surface area (Å²) in [6, 6.07) is 5.68. The van der Waals surface area contributed by atoms with Crippen LogP contribution in [0.4, 0.5) is 0 Å². The molecule has 0 aliphatic heterocycles. The summed E-state index contributed by atoms with van der Waals surface area (Å²) in [5, 5.41) is 11.5. The third kappa shape index (κ3) is 3.70. The number of nitrogens with two attached hydrogens (primary N) is 1. The number of amidine groups is 1. The molecule has 0 radical (unpaired) electrons. The van der Waals surface area contributed by atoms with E-state index >= 15 is 0 Å². The van der Waals surface area contributed by atoms with E-state index in [4.69, 9.17) is 15.7 Å². The summed E-state index contributed by atoms with van der Waals surface area (Å²) in [5.74, 6) is 0.992. The van der Waals surface area contributed by atoms with E-state index in [-0.39, 0.29) is 5.84 Å². The van der Waals surface area contributed by atoms with Crippen LogP contribution in [0.15, 0.2) is 32.7 Å². The van der Waals surface area contributed by atoms with Gasteiger partial charge in [-0.1, -0.05) is 5.16 Å². The Morgan fingerprint density at radius 1 is 1.62 bits per heavy atom. The van der Waals surface area contributed by atoms with E-state index in [2.05, 4.69) is 21.1 Å². The molecule has 3 N–H and O–H groups in total. The number of oxime groups is 1. The van der Waals surface area contributed by atoms with Gasteiger partial charge in [0.25, 0.3) is 0 Å². The van der Waals surface area contributed by atoms with Crippen molar-refractivity contribution in [3.8, 4) is 0 Å². The minimum absolute atomic E-state index is 0.0975. The average Bonchev–Trinajstić information content (AvgIpc) is 2.29. The SMILES string of the molecule is COCCSc1ccc(/C(N)=N/O)c(Br)c1. The zero-order valence-corrected chi connectivity index (χ0v) is 11.2. The van der Waals surface area contributed by atoms with Gasteiger partial charge in [0.15, 0.2) is 5.84 Å². The van der Waals surface area contributed by atoms with Crippen LogP contribution < -0.4 is 5.73 Å². The zero-order valence-electron chi connectivity index (χ0n) is 8.81. The Morgan fingerprint density at radius 2 is 2.38 bits per heavy atom. The first kappa shape index (κ1) is 13.3. The van der Waals surface area contributed by atoms with Crippen LogP contribution >= 0.6 is 27.7 Å². The second kappa shape index (κ2) is 6.78. The van der Waals surface area contributed by atoms with Crippen molar-refractivity contribution in [3.63, 3.8) is 0 Å². The third-order valence-electron chi connectivity index (χ3n) is 1.88. The highest BCUT2D eigenvalue weighted by Crippen LogP contribution is 2.25. The zero-order chi connectivity index (χ0) is 12.0. The standard InChI is InChI=1S/C10H13BrN2O2S/c1-15-4-5-16-7-2-3-8(9(11)6-7)10(12)13-14/h2-3,6,14H,4-5H2,1H3,(H2,12,13). The van der Waals surface area contributed by atoms with Gasteiger partial charge in [-0.05, 0) is 34.1 Å². The van der Waals surface area contributed by atoms with Gasteiger partial charge in [-0.2, -0.15) is 0 Å². The van der Waals surface area contributed by atoms with Crippen LogP contribution in [0.25, 0.3) is 0 Å². The van der Waals surface area contributed by atoms with Gasteiger partial charge in [0.05, 0.1) is 6.61 Å². The van der Waals surface area contributed by atoms with Crippen LogP contribution in [0.1, 0.15) is 5.56 Å². The molecule has 0 saturated heterocycles. The number of halogens is 1. The molecule has 4 nitrogen and oxygen atoms in total. The van der Waals surface area contributed by atoms with Crippen LogP contribution in [0.2, 0.25) is 0 Å². The van der Waals surface area contributed by atoms with Crippen molar-refractivity contribution in [1.29, 1.82) is 0 Å². The molecule has 0 aromatic heterocycles. The Bertz CT molecular complexity index is 385. The predicted molar refractivity (Wildman–Crippen MR) is 69.3 cm³/mol. The molecule has 0 bridgehead atoms. The molecule has 0 aliphatic rings. The largest absolute Gasteiger partial charge is 0.409 e. The van der Waals surface area contributed by atoms with Gasteiger partial charge in [0.2, 0.25) is 0 Å². The van der Waals surface area contributed by atoms with Crippen LogP contribution in [0.5, 0.6) is 0 Å². The Balaban J connectivity index is 2.75. The summed E-state index contributed by atoms with van der Waals surface area (Å²) in [5.41, 5.74) is 6.19. The number of thioether (sulfide) groups is 1. The summed E-state index contributed by atoms with van der Waals surface area (Å²) >= 11 is 5.07. The minimum atomic E-state index is 0.0975. The maximum absolute atomic E-state index is 8.58. The summed E-state index contributed by atoms with van der Waals surface area (Å²) in [7, 11) is 1.68. The van der Waals surface area contributed by atoms with Crippen LogP contribution in [0.3, 0.4) is 0 Å². The molecular formula is C10H13BrN2O2S. The molecule has 88 valence electrons. The van der Waals surface area contributed by atoms with Crippen molar-refractivity contribution in [2.24, 2.45) is 10.9 Å². The lowest BCUT2D eigenvalue weighted by Gasteiger charge is -2.05. The highest BCUT2D eigenvalue weighted by atomic mass is 79.9. The first-order valence-electron chi connectivity index (χ1n) is 4.58. The second-order valence-corrected chi connectivity index (χ2v) is 4.99. The Labute approximate surface area is 107 Å². The number of benzene rings is 1. The molecule has 0 heterocycles. The number of hydrogen-bond acceptors (Lipinski definition) is 4. The highest BCUT2D eigenvalue weighted by Gasteiger charge is 2.05. The summed E-state index contributed by atoms with van der Waals surface area (Å²) in [6.45, 7) is 0.713. The van der Waals surface area contributed by atoms with E-state index in [0.717, 1.165) is 15.1 Å². The first-order chi connectivity index (χ1) is 7.69. The fourth-order valence-corrected chi connectivity index (χ4v) is 2.67. The Kier molecular flexibility index (Phi) is 5.65. The van der Waals surface area contributed by atoms with Crippen molar-refractivity contribution in [3.05, 3.63) is 28.2 Å². The molecule has 0 fully saturated rings. The maximum atomic E-state index is 8.58. The van der Waals surface area contributed by atoms with Gasteiger partial charge in [-0.3, -0.25) is 0 Å². The molecule has 0 unspecified atom stereocenters. The van der Waals surface area contributed by atoms with E-state index < -0.39 is 0 Å². The molecule has 16 heavy (non-hydrogen) atoms. The van der Waals surface area contributed by atoms with Crippen LogP contribution in [0, 0.1) is 0 Å². The third-order valence-corrected chi connectivity index (χ3v) is 3.49. The van der Waals surface area contributed by atoms with E-state index in [1.165, 1.54) is 0 Å². The van der Waals surface area contributed by atoms with Gasteiger partial charge in [0, 0.05) is 27.8 Å². The lowest BCUT2D eigenvalue weighted by atomic mass is 10.2. The number of nitrogens with zero attached hydrogens (tertiary/aromatic N) is 1. The van der Waals surface area contributed by atoms with E-state index in [9.17, 15) is 0 Å². The van der Waals surface area contributed by atoms with Crippen LogP contribution in [-0.2, 0) is 4.74 Å². The second-order valence-electron chi connectivity index (χ2n) is 2.97. The average molecular weight is 305 g/mol. The van der Waals surface area contributed by atoms with E-state index in [0.29, 0.717) is 12.2 Å². The number of rotatable bonds is 5. The minimum Gasteiger partial charge on any atom is -0.409 e. The number of hydrogen-bond donors (Lipinski definition) is 2. The van der Waals surface area contributed by atoms with Crippen molar-refractivity contribution >= 4 is 33.5 Å². The molecule has 0 spiro atoms. The van der Waals surface area contributed by atoms with Gasteiger partial charge in [0.1, 0.15) is 0 Å². The number of ether oxygens (including phenoxy) is 1. The fraction of sp³-hybridized carbons (Fsp3) is 0.300. The molecule has 1 aromatic carbocycles. The molecule has 0 atom stereocenters. The summed E-state index contributed by atoms with van der Waals surface area (Å²) in [4.78, 5) is 1.11. The van der Waals surface area contributed by atoms with E-state index in [1.54, 1.807) is 18.9 Å². The summed E-state index contributed by atoms with van der Waals surface area (Å²) < 4.78 is 5.78. The van der Waals surface area contributed by atoms with Crippen molar-refractivity contribution in [2.75, 3.05) is 19.5 Å². The lowest BCUT2D eigenvalue weighted by molar-refractivity contribution is 0.218. The smallest absolute Gasteiger partial charge is 0.171 e. The van der Waals surface area contributed by atoms with E-state index in [1.807, 2.05) is 18.2 Å². The van der Waals surface area contributed by atoms with Gasteiger partial charge in [-0.15, -0.1) is 11.8 Å². The molecule has 1 aromatic rings. The molecule has 1 rings (SSSR count). The van der Waals surface area contributed by atoms with Crippen molar-refractivity contribution in [1.82, 2.24) is 0 Å². The quantitative estimate of drug-likeness (QED) is 0.219. The van der Waals surface area contributed by atoms with Gasteiger partial charge >= 0.3 is 0 Å². The highest BCUT2D eigenvalue weighted by molar-refractivity contribution is 9.10. The first-order valence-corrected chi connectivity index (χ1v) is 6.36. The normalized spacial score (nSPS) is 11.8. The Morgan fingerprint density at radius 3 is 2.94 bits per heavy atom. The van der Waals surface area contributed by atoms with Crippen molar-refractivity contribution in [2.45, 2.75) is 4.90 Å². The summed E-state index contributed by atoms with van der Waals surface area (Å²) in [6.07, 6.45) is 0. The maximum Gasteiger partial charge on any atom is 0.171 e. The predicted octanol–water partition coefficient (Wildman–Crippen LogP) is 2.28. The van der Waals surface area contributed by atoms with Crippen LogP contribution in [-0.4, -0.2) is 30.5 Å². The fourth-order valence-electron chi connectivity index (χ4n) is 1.09. The van der Waals surface area contributed by atoms with Gasteiger partial charge < -0.3 is 15.7 Å². The lowest BCUT2D eigenvalue weighted by Crippen LogP contribution is -2.13. The van der Waals surface area contributed by atoms with Crippen molar-refractivity contribution < 1.29 is 9.94 Å². The molecule has 0 aliphatic carbocycles. The Hall–Kier alpha value is -0.720. The molecule has 6 heteroatoms. The molecule has 0 saturated carbocycles. The monoisotopic (exact) mass is 304 g/mol. The molecule has 0 amide bonds.